The van der Waals surface area contributed by atoms with E-state index in [1.54, 1.807) is 38.1 Å². The van der Waals surface area contributed by atoms with Gasteiger partial charge in [0.15, 0.2) is 0 Å². The standard InChI is InChI=1S/C23H31N3O4S2/c1-4-26(5-2)32(29,30)19-10-7-17(8-11-19)9-13-22(27)24-25-23(28)21-15-18-14-16(3)6-12-20(18)31-21/h7-8,10-11,15-16H,4-6,9,12-14H2,1-3H3,(H,24,27)(H,25,28). The Balaban J connectivity index is 1.48. The third kappa shape index (κ3) is 5.76. The SMILES string of the molecule is CCN(CC)S(=O)(=O)c1ccc(CCC(=O)NNC(=O)c2cc3c(s2)CCC(C)C3)cc1. The molecule has 0 saturated carbocycles. The van der Waals surface area contributed by atoms with E-state index in [1.807, 2.05) is 6.07 Å². The first-order valence-corrected chi connectivity index (χ1v) is 13.3. The Labute approximate surface area is 194 Å². The summed E-state index contributed by atoms with van der Waals surface area (Å²) in [5, 5.41) is 0. The Morgan fingerprint density at radius 3 is 2.47 bits per heavy atom. The summed E-state index contributed by atoms with van der Waals surface area (Å²) in [6.45, 7) is 6.66. The lowest BCUT2D eigenvalue weighted by atomic mass is 9.90. The predicted octanol–water partition coefficient (Wildman–Crippen LogP) is 3.30. The van der Waals surface area contributed by atoms with Crippen LogP contribution in [0.15, 0.2) is 35.2 Å². The normalized spacial score (nSPS) is 15.9. The zero-order valence-corrected chi connectivity index (χ0v) is 20.4. The Morgan fingerprint density at radius 2 is 1.81 bits per heavy atom. The van der Waals surface area contributed by atoms with Crippen molar-refractivity contribution in [2.24, 2.45) is 5.92 Å². The predicted molar refractivity (Wildman–Crippen MR) is 126 cm³/mol. The molecule has 1 aromatic heterocycles. The van der Waals surface area contributed by atoms with Crippen LogP contribution in [0.4, 0.5) is 0 Å². The first kappa shape index (κ1) is 24.4. The quantitative estimate of drug-likeness (QED) is 0.570. The summed E-state index contributed by atoms with van der Waals surface area (Å²) in [6, 6.07) is 8.52. The van der Waals surface area contributed by atoms with Gasteiger partial charge in [0.2, 0.25) is 15.9 Å². The van der Waals surface area contributed by atoms with Gasteiger partial charge in [0, 0.05) is 24.4 Å². The Kier molecular flexibility index (Phi) is 8.08. The molecule has 1 atom stereocenters. The number of aryl methyl sites for hydroxylation is 2. The van der Waals surface area contributed by atoms with Crippen LogP contribution in [0.5, 0.6) is 0 Å². The van der Waals surface area contributed by atoms with Gasteiger partial charge in [0.05, 0.1) is 9.77 Å². The minimum atomic E-state index is -3.49. The van der Waals surface area contributed by atoms with E-state index in [9.17, 15) is 18.0 Å². The number of hydrazine groups is 1. The van der Waals surface area contributed by atoms with Gasteiger partial charge in [-0.2, -0.15) is 4.31 Å². The van der Waals surface area contributed by atoms with Crippen molar-refractivity contribution < 1.29 is 18.0 Å². The van der Waals surface area contributed by atoms with Gasteiger partial charge in [-0.3, -0.25) is 20.4 Å². The van der Waals surface area contributed by atoms with Gasteiger partial charge in [-0.05, 0) is 60.9 Å². The van der Waals surface area contributed by atoms with E-state index in [1.165, 1.54) is 26.1 Å². The summed E-state index contributed by atoms with van der Waals surface area (Å²) in [6.07, 6.45) is 3.78. The first-order valence-electron chi connectivity index (χ1n) is 11.0. The van der Waals surface area contributed by atoms with Crippen LogP contribution in [0.25, 0.3) is 0 Å². The molecule has 7 nitrogen and oxygen atoms in total. The molecule has 32 heavy (non-hydrogen) atoms. The van der Waals surface area contributed by atoms with E-state index in [0.29, 0.717) is 30.3 Å². The van der Waals surface area contributed by atoms with Gasteiger partial charge in [-0.25, -0.2) is 8.42 Å². The number of fused-ring (bicyclic) bond motifs is 1. The van der Waals surface area contributed by atoms with Crippen LogP contribution in [-0.4, -0.2) is 37.6 Å². The molecule has 0 spiro atoms. The minimum absolute atomic E-state index is 0.181. The molecule has 1 aliphatic carbocycles. The van der Waals surface area contributed by atoms with E-state index in [4.69, 9.17) is 0 Å². The third-order valence-electron chi connectivity index (χ3n) is 5.78. The fraction of sp³-hybridized carbons (Fsp3) is 0.478. The van der Waals surface area contributed by atoms with Gasteiger partial charge in [0.1, 0.15) is 0 Å². The highest BCUT2D eigenvalue weighted by Crippen LogP contribution is 2.32. The van der Waals surface area contributed by atoms with Crippen LogP contribution < -0.4 is 10.9 Å². The van der Waals surface area contributed by atoms with Gasteiger partial charge >= 0.3 is 0 Å². The van der Waals surface area contributed by atoms with E-state index < -0.39 is 10.0 Å². The second-order valence-corrected chi connectivity index (χ2v) is 11.2. The lowest BCUT2D eigenvalue weighted by molar-refractivity contribution is -0.121. The molecule has 0 radical (unpaired) electrons. The van der Waals surface area contributed by atoms with E-state index in [2.05, 4.69) is 17.8 Å². The second-order valence-electron chi connectivity index (χ2n) is 8.14. The van der Waals surface area contributed by atoms with Crippen molar-refractivity contribution >= 4 is 33.2 Å². The maximum absolute atomic E-state index is 12.5. The molecule has 9 heteroatoms. The summed E-state index contributed by atoms with van der Waals surface area (Å²) in [5.74, 6) is 0.0450. The molecule has 2 amide bonds. The van der Waals surface area contributed by atoms with Crippen LogP contribution in [-0.2, 0) is 34.1 Å². The number of carbonyl (C=O) groups is 2. The van der Waals surface area contributed by atoms with Gasteiger partial charge in [0.25, 0.3) is 5.91 Å². The van der Waals surface area contributed by atoms with E-state index in [0.717, 1.165) is 24.8 Å². The van der Waals surface area contributed by atoms with Crippen molar-refractivity contribution in [2.45, 2.75) is 57.8 Å². The van der Waals surface area contributed by atoms with Crippen molar-refractivity contribution in [2.75, 3.05) is 13.1 Å². The molecule has 0 saturated heterocycles. The summed E-state index contributed by atoms with van der Waals surface area (Å²) >= 11 is 1.50. The largest absolute Gasteiger partial charge is 0.279 e. The number of hydrogen-bond acceptors (Lipinski definition) is 5. The van der Waals surface area contributed by atoms with Crippen molar-refractivity contribution in [3.8, 4) is 0 Å². The molecule has 1 heterocycles. The van der Waals surface area contributed by atoms with Gasteiger partial charge in [-0.1, -0.05) is 32.9 Å². The average Bonchev–Trinajstić information content (AvgIpc) is 3.20. The fourth-order valence-corrected chi connectivity index (χ4v) is 6.43. The molecule has 2 aromatic rings. The highest BCUT2D eigenvalue weighted by atomic mass is 32.2. The number of carbonyl (C=O) groups excluding carboxylic acids is 2. The molecular weight excluding hydrogens is 446 g/mol. The minimum Gasteiger partial charge on any atom is -0.273 e. The van der Waals surface area contributed by atoms with Crippen LogP contribution in [0, 0.1) is 5.92 Å². The molecule has 3 rings (SSSR count). The van der Waals surface area contributed by atoms with Crippen LogP contribution >= 0.6 is 11.3 Å². The molecule has 1 unspecified atom stereocenters. The Bertz CT molecular complexity index is 1060. The highest BCUT2D eigenvalue weighted by Gasteiger charge is 2.22. The molecule has 1 aromatic carbocycles. The lowest BCUT2D eigenvalue weighted by Gasteiger charge is -2.18. The zero-order chi connectivity index (χ0) is 23.3. The maximum atomic E-state index is 12.5. The Morgan fingerprint density at radius 1 is 1.12 bits per heavy atom. The number of hydrogen-bond donors (Lipinski definition) is 2. The van der Waals surface area contributed by atoms with E-state index in [-0.39, 0.29) is 23.1 Å². The molecule has 2 N–H and O–H groups in total. The Hall–Kier alpha value is -2.23. The second kappa shape index (κ2) is 10.6. The summed E-state index contributed by atoms with van der Waals surface area (Å²) in [5.41, 5.74) is 7.07. The lowest BCUT2D eigenvalue weighted by Crippen LogP contribution is -2.41. The highest BCUT2D eigenvalue weighted by molar-refractivity contribution is 7.89. The third-order valence-corrected chi connectivity index (χ3v) is 9.08. The number of nitrogens with one attached hydrogen (secondary N) is 2. The maximum Gasteiger partial charge on any atom is 0.279 e. The molecule has 0 aliphatic heterocycles. The number of benzene rings is 1. The van der Waals surface area contributed by atoms with Crippen molar-refractivity contribution in [1.82, 2.24) is 15.2 Å². The van der Waals surface area contributed by atoms with Gasteiger partial charge < -0.3 is 0 Å². The average molecular weight is 478 g/mol. The van der Waals surface area contributed by atoms with Crippen LogP contribution in [0.3, 0.4) is 0 Å². The van der Waals surface area contributed by atoms with Gasteiger partial charge in [-0.15, -0.1) is 11.3 Å². The monoisotopic (exact) mass is 477 g/mol. The number of amides is 2. The van der Waals surface area contributed by atoms with Crippen LogP contribution in [0.2, 0.25) is 0 Å². The summed E-state index contributed by atoms with van der Waals surface area (Å²) < 4.78 is 26.5. The van der Waals surface area contributed by atoms with E-state index >= 15 is 0 Å². The number of nitrogens with zero attached hydrogens (tertiary/aromatic N) is 1. The van der Waals surface area contributed by atoms with Crippen molar-refractivity contribution in [3.05, 3.63) is 51.2 Å². The van der Waals surface area contributed by atoms with Crippen molar-refractivity contribution in [3.63, 3.8) is 0 Å². The fourth-order valence-electron chi connectivity index (χ4n) is 3.87. The van der Waals surface area contributed by atoms with Crippen molar-refractivity contribution in [1.29, 1.82) is 0 Å². The smallest absolute Gasteiger partial charge is 0.273 e. The summed E-state index contributed by atoms with van der Waals surface area (Å²) in [4.78, 5) is 26.7. The molecular formula is C23H31N3O4S2. The molecule has 0 fully saturated rings. The molecule has 174 valence electrons. The molecule has 0 bridgehead atoms. The zero-order valence-electron chi connectivity index (χ0n) is 18.8. The number of thiophene rings is 1. The first-order chi connectivity index (χ1) is 15.2. The summed E-state index contributed by atoms with van der Waals surface area (Å²) in [7, 11) is -3.49. The molecule has 1 aliphatic rings. The number of rotatable bonds is 8. The topological polar surface area (TPSA) is 95.6 Å². The number of sulfonamides is 1. The van der Waals surface area contributed by atoms with Crippen LogP contribution in [0.1, 0.15) is 59.3 Å².